The van der Waals surface area contributed by atoms with Crippen molar-refractivity contribution in [2.24, 2.45) is 0 Å². The molecule has 2 aromatic rings. The minimum Gasteiger partial charge on any atom is -0.289 e. The predicted molar refractivity (Wildman–Crippen MR) is 88.1 cm³/mol. The highest BCUT2D eigenvalue weighted by atomic mass is 31.1. The van der Waals surface area contributed by atoms with Crippen molar-refractivity contribution in [1.82, 2.24) is 5.09 Å². The van der Waals surface area contributed by atoms with Gasteiger partial charge in [-0.2, -0.15) is 0 Å². The van der Waals surface area contributed by atoms with Gasteiger partial charge in [0, 0.05) is 6.04 Å². The van der Waals surface area contributed by atoms with Crippen molar-refractivity contribution in [3.8, 4) is 0 Å². The Morgan fingerprint density at radius 1 is 1.00 bits per heavy atom. The van der Waals surface area contributed by atoms with Gasteiger partial charge in [-0.1, -0.05) is 63.2 Å². The van der Waals surface area contributed by atoms with Gasteiger partial charge in [0.1, 0.15) is 0 Å². The number of rotatable bonds is 3. The molecule has 2 atom stereocenters. The van der Waals surface area contributed by atoms with Crippen molar-refractivity contribution in [3.63, 3.8) is 0 Å². The summed E-state index contributed by atoms with van der Waals surface area (Å²) in [4.78, 5) is 0. The zero-order valence-corrected chi connectivity index (χ0v) is 13.5. The summed E-state index contributed by atoms with van der Waals surface area (Å²) >= 11 is 0. The fourth-order valence-electron chi connectivity index (χ4n) is 2.18. The van der Waals surface area contributed by atoms with Crippen LogP contribution >= 0.6 is 8.07 Å². The lowest BCUT2D eigenvalue weighted by Crippen LogP contribution is -2.23. The maximum atomic E-state index is 3.79. The Morgan fingerprint density at radius 2 is 1.63 bits per heavy atom. The predicted octanol–water partition coefficient (Wildman–Crippen LogP) is 5.32. The third kappa shape index (κ3) is 3.35. The molecule has 102 valence electrons. The van der Waals surface area contributed by atoms with Gasteiger partial charge in [0.25, 0.3) is 0 Å². The Balaban J connectivity index is 2.29. The molecule has 0 spiro atoms. The second-order valence-corrected chi connectivity index (χ2v) is 8.87. The molecule has 0 heterocycles. The van der Waals surface area contributed by atoms with Crippen LogP contribution in [-0.2, 0) is 0 Å². The van der Waals surface area contributed by atoms with Gasteiger partial charge in [-0.05, 0) is 43.2 Å². The van der Waals surface area contributed by atoms with E-state index < -0.39 is 0 Å². The molecule has 1 nitrogen and oxygen atoms in total. The van der Waals surface area contributed by atoms with Gasteiger partial charge in [0.15, 0.2) is 0 Å². The highest BCUT2D eigenvalue weighted by Gasteiger charge is 2.22. The highest BCUT2D eigenvalue weighted by Crippen LogP contribution is 2.44. The van der Waals surface area contributed by atoms with Crippen LogP contribution in [0, 0.1) is 0 Å². The van der Waals surface area contributed by atoms with Gasteiger partial charge in [0.05, 0.1) is 0 Å². The fourth-order valence-corrected chi connectivity index (χ4v) is 3.29. The van der Waals surface area contributed by atoms with Crippen molar-refractivity contribution in [3.05, 3.63) is 48.0 Å². The first kappa shape index (κ1) is 14.5. The van der Waals surface area contributed by atoms with E-state index in [1.807, 2.05) is 0 Å². The zero-order valence-electron chi connectivity index (χ0n) is 12.6. The molecule has 0 saturated heterocycles. The summed E-state index contributed by atoms with van der Waals surface area (Å²) in [7, 11) is -0.190. The summed E-state index contributed by atoms with van der Waals surface area (Å²) < 4.78 is 0. The molecule has 0 aromatic heterocycles. The van der Waals surface area contributed by atoms with Crippen LogP contribution in [0.25, 0.3) is 10.8 Å². The Bertz CT molecular complexity index is 551. The summed E-state index contributed by atoms with van der Waals surface area (Å²) in [5.41, 5.74) is 1.40. The normalized spacial score (nSPS) is 15.4. The number of fused-ring (bicyclic) bond motifs is 1. The average Bonchev–Trinajstić information content (AvgIpc) is 2.36. The van der Waals surface area contributed by atoms with E-state index in [-0.39, 0.29) is 8.07 Å². The number of hydrogen-bond donors (Lipinski definition) is 1. The van der Waals surface area contributed by atoms with Gasteiger partial charge in [-0.15, -0.1) is 0 Å². The molecule has 2 heteroatoms. The van der Waals surface area contributed by atoms with Crippen LogP contribution in [0.5, 0.6) is 0 Å². The van der Waals surface area contributed by atoms with Gasteiger partial charge in [-0.3, -0.25) is 5.09 Å². The lowest BCUT2D eigenvalue weighted by atomic mass is 10.0. The molecule has 0 aliphatic carbocycles. The number of hydrogen-bond acceptors (Lipinski definition) is 1. The van der Waals surface area contributed by atoms with Crippen LogP contribution in [0.3, 0.4) is 0 Å². The fraction of sp³-hybridized carbons (Fsp3) is 0.412. The first-order valence-electron chi connectivity index (χ1n) is 6.87. The first-order valence-corrected chi connectivity index (χ1v) is 8.66. The van der Waals surface area contributed by atoms with Crippen LogP contribution in [0.4, 0.5) is 0 Å². The van der Waals surface area contributed by atoms with Crippen molar-refractivity contribution in [2.45, 2.75) is 38.9 Å². The number of nitrogens with one attached hydrogen (secondary N) is 1. The lowest BCUT2D eigenvalue weighted by Gasteiger charge is -2.31. The van der Waals surface area contributed by atoms with E-state index in [0.29, 0.717) is 11.2 Å². The summed E-state index contributed by atoms with van der Waals surface area (Å²) in [5.74, 6) is 0. The molecule has 0 saturated carbocycles. The van der Waals surface area contributed by atoms with Gasteiger partial charge in [-0.25, -0.2) is 0 Å². The van der Waals surface area contributed by atoms with Crippen molar-refractivity contribution >= 4 is 18.8 Å². The monoisotopic (exact) mass is 273 g/mol. The summed E-state index contributed by atoms with van der Waals surface area (Å²) in [6.07, 6.45) is 0. The Labute approximate surface area is 118 Å². The van der Waals surface area contributed by atoms with Crippen LogP contribution < -0.4 is 5.09 Å². The quantitative estimate of drug-likeness (QED) is 0.747. The van der Waals surface area contributed by atoms with E-state index in [2.05, 4.69) is 81.9 Å². The molecule has 2 aromatic carbocycles. The molecule has 0 radical (unpaired) electrons. The van der Waals surface area contributed by atoms with E-state index in [1.54, 1.807) is 0 Å². The average molecular weight is 273 g/mol. The Hall–Kier alpha value is -0.910. The molecular formula is C17H24NP. The molecule has 0 bridgehead atoms. The standard InChI is InChI=1S/C17H24NP/c1-13(18-19(5)17(2,3)4)15-12-8-10-14-9-6-7-11-16(14)15/h6-13,18H,1-5H3/t13-,19?/m0/s1. The highest BCUT2D eigenvalue weighted by molar-refractivity contribution is 7.56. The molecule has 2 rings (SSSR count). The van der Waals surface area contributed by atoms with Crippen LogP contribution in [0.1, 0.15) is 39.3 Å². The minimum atomic E-state index is -0.190. The first-order chi connectivity index (χ1) is 8.89. The summed E-state index contributed by atoms with van der Waals surface area (Å²) in [6, 6.07) is 15.6. The lowest BCUT2D eigenvalue weighted by molar-refractivity contribution is 0.706. The Kier molecular flexibility index (Phi) is 4.28. The summed E-state index contributed by atoms with van der Waals surface area (Å²) in [5, 5.41) is 6.82. The molecule has 0 aliphatic heterocycles. The largest absolute Gasteiger partial charge is 0.289 e. The topological polar surface area (TPSA) is 12.0 Å². The van der Waals surface area contributed by atoms with Crippen molar-refractivity contribution in [1.29, 1.82) is 0 Å². The SMILES string of the molecule is C[C@H](NP(C)C(C)(C)C)c1cccc2ccccc12. The van der Waals surface area contributed by atoms with E-state index in [9.17, 15) is 0 Å². The molecule has 1 N–H and O–H groups in total. The van der Waals surface area contributed by atoms with E-state index in [4.69, 9.17) is 0 Å². The van der Waals surface area contributed by atoms with E-state index in [1.165, 1.54) is 16.3 Å². The van der Waals surface area contributed by atoms with E-state index in [0.717, 1.165) is 0 Å². The second kappa shape index (κ2) is 5.61. The van der Waals surface area contributed by atoms with Crippen LogP contribution in [-0.4, -0.2) is 11.8 Å². The summed E-state index contributed by atoms with van der Waals surface area (Å²) in [6.45, 7) is 11.5. The van der Waals surface area contributed by atoms with Gasteiger partial charge < -0.3 is 0 Å². The minimum absolute atomic E-state index is 0.190. The molecule has 1 unspecified atom stereocenters. The van der Waals surface area contributed by atoms with Crippen molar-refractivity contribution in [2.75, 3.05) is 6.66 Å². The smallest absolute Gasteiger partial charge is 0.0334 e. The van der Waals surface area contributed by atoms with Gasteiger partial charge >= 0.3 is 0 Å². The van der Waals surface area contributed by atoms with E-state index >= 15 is 0 Å². The maximum absolute atomic E-state index is 3.79. The van der Waals surface area contributed by atoms with Crippen LogP contribution in [0.2, 0.25) is 0 Å². The van der Waals surface area contributed by atoms with Gasteiger partial charge in [0.2, 0.25) is 0 Å². The molecule has 19 heavy (non-hydrogen) atoms. The number of benzene rings is 2. The second-order valence-electron chi connectivity index (χ2n) is 6.15. The molecule has 0 amide bonds. The van der Waals surface area contributed by atoms with Crippen LogP contribution in [0.15, 0.2) is 42.5 Å². The maximum Gasteiger partial charge on any atom is 0.0334 e. The Morgan fingerprint density at radius 3 is 2.32 bits per heavy atom. The zero-order chi connectivity index (χ0) is 14.0. The third-order valence-electron chi connectivity index (χ3n) is 3.68. The molecule has 0 fully saturated rings. The molecule has 0 aliphatic rings. The molecular weight excluding hydrogens is 249 g/mol. The third-order valence-corrected chi connectivity index (χ3v) is 6.47. The van der Waals surface area contributed by atoms with Crippen molar-refractivity contribution < 1.29 is 0 Å².